The molecular weight excluding hydrogens is 475 g/mol. The summed E-state index contributed by atoms with van der Waals surface area (Å²) in [4.78, 5) is 18.2. The van der Waals surface area contributed by atoms with Crippen LogP contribution in [0.25, 0.3) is 10.9 Å². The van der Waals surface area contributed by atoms with Gasteiger partial charge in [-0.15, -0.1) is 5.10 Å². The number of pyridine rings is 1. The zero-order chi connectivity index (χ0) is 25.8. The number of nitrogens with zero attached hydrogens (tertiary/aromatic N) is 5. The highest BCUT2D eigenvalue weighted by molar-refractivity contribution is 5.80. The van der Waals surface area contributed by atoms with Crippen molar-refractivity contribution < 1.29 is 13.9 Å². The molecule has 10 heteroatoms. The number of rotatable bonds is 10. The van der Waals surface area contributed by atoms with Gasteiger partial charge in [0.15, 0.2) is 5.82 Å². The van der Waals surface area contributed by atoms with Gasteiger partial charge < -0.3 is 14.5 Å². The van der Waals surface area contributed by atoms with Crippen LogP contribution in [0.1, 0.15) is 49.2 Å². The van der Waals surface area contributed by atoms with Gasteiger partial charge in [-0.3, -0.25) is 9.69 Å². The van der Waals surface area contributed by atoms with Crippen LogP contribution >= 0.6 is 0 Å². The summed E-state index contributed by atoms with van der Waals surface area (Å²) in [5.41, 5.74) is 2.12. The Balaban J connectivity index is 1.50. The quantitative estimate of drug-likeness (QED) is 0.347. The third-order valence-corrected chi connectivity index (χ3v) is 6.89. The summed E-state index contributed by atoms with van der Waals surface area (Å²) < 4.78 is 26.6. The molecule has 0 spiro atoms. The van der Waals surface area contributed by atoms with Crippen LogP contribution in [0, 0.1) is 5.82 Å². The molecular formula is C27H31FN6O3. The number of fused-ring (bicyclic) bond motifs is 1. The number of hydrogen-bond donors (Lipinski definition) is 1. The van der Waals surface area contributed by atoms with Crippen LogP contribution in [0.3, 0.4) is 0 Å². The maximum atomic E-state index is 13.6. The Hall–Kier alpha value is -3.63. The summed E-state index contributed by atoms with van der Waals surface area (Å²) >= 11 is 0. The lowest BCUT2D eigenvalue weighted by atomic mass is 10.1. The molecule has 1 aliphatic rings. The van der Waals surface area contributed by atoms with E-state index in [2.05, 4.69) is 32.3 Å². The Kier molecular flexibility index (Phi) is 7.57. The number of aromatic nitrogens is 5. The van der Waals surface area contributed by atoms with Crippen LogP contribution in [-0.4, -0.2) is 49.9 Å². The van der Waals surface area contributed by atoms with E-state index in [1.807, 2.05) is 28.9 Å². The first kappa shape index (κ1) is 25.0. The van der Waals surface area contributed by atoms with E-state index in [-0.39, 0.29) is 23.5 Å². The summed E-state index contributed by atoms with van der Waals surface area (Å²) in [7, 11) is 1.62. The molecule has 0 radical (unpaired) electrons. The predicted octanol–water partition coefficient (Wildman–Crippen LogP) is 3.99. The normalized spacial score (nSPS) is 16.5. The fraction of sp³-hybridized carbons (Fsp3) is 0.407. The van der Waals surface area contributed by atoms with Gasteiger partial charge in [0.25, 0.3) is 5.56 Å². The van der Waals surface area contributed by atoms with Crippen LogP contribution in [0.4, 0.5) is 4.39 Å². The molecule has 2 aromatic carbocycles. The van der Waals surface area contributed by atoms with Crippen molar-refractivity contribution in [1.82, 2.24) is 30.1 Å². The minimum atomic E-state index is -0.289. The van der Waals surface area contributed by atoms with Crippen molar-refractivity contribution in [3.8, 4) is 5.75 Å². The standard InChI is InChI=1S/C27H31FN6O3/c1-3-25(26-30-31-32-34(26)17-23-5-4-12-37-23)33(15-18-6-8-21(28)9-7-18)16-20-13-19-14-22(36-2)10-11-24(19)29-27(20)35/h6-11,13-14,23,25H,3-5,12,15-17H2,1-2H3,(H,29,35)/t23-,25-/m0/s1. The predicted molar refractivity (Wildman–Crippen MR) is 137 cm³/mol. The summed E-state index contributed by atoms with van der Waals surface area (Å²) in [6.45, 7) is 4.25. The number of halogens is 1. The van der Waals surface area contributed by atoms with E-state index in [0.717, 1.165) is 41.7 Å². The van der Waals surface area contributed by atoms with Crippen LogP contribution < -0.4 is 10.3 Å². The smallest absolute Gasteiger partial charge is 0.252 e. The van der Waals surface area contributed by atoms with Gasteiger partial charge in [0.1, 0.15) is 11.6 Å². The Morgan fingerprint density at radius 2 is 2.05 bits per heavy atom. The maximum Gasteiger partial charge on any atom is 0.252 e. The van der Waals surface area contributed by atoms with Crippen molar-refractivity contribution in [3.05, 3.63) is 81.7 Å². The van der Waals surface area contributed by atoms with Crippen molar-refractivity contribution >= 4 is 10.9 Å². The SMILES string of the molecule is CC[C@@H](c1nnnn1C[C@@H]1CCCO1)N(Cc1ccc(F)cc1)Cc1cc2cc(OC)ccc2[nH]c1=O. The van der Waals surface area contributed by atoms with E-state index in [9.17, 15) is 9.18 Å². The first-order valence-corrected chi connectivity index (χ1v) is 12.6. The number of benzene rings is 2. The van der Waals surface area contributed by atoms with Gasteiger partial charge in [-0.1, -0.05) is 19.1 Å². The summed E-state index contributed by atoms with van der Waals surface area (Å²) in [5.74, 6) is 1.15. The highest BCUT2D eigenvalue weighted by Crippen LogP contribution is 2.28. The van der Waals surface area contributed by atoms with E-state index in [4.69, 9.17) is 9.47 Å². The van der Waals surface area contributed by atoms with Gasteiger partial charge in [-0.2, -0.15) is 0 Å². The molecule has 4 aromatic rings. The fourth-order valence-corrected chi connectivity index (χ4v) is 4.96. The maximum absolute atomic E-state index is 13.6. The van der Waals surface area contributed by atoms with Gasteiger partial charge in [-0.05, 0) is 71.7 Å². The average molecular weight is 507 g/mol. The van der Waals surface area contributed by atoms with Gasteiger partial charge in [0, 0.05) is 36.2 Å². The second-order valence-electron chi connectivity index (χ2n) is 9.39. The molecule has 0 bridgehead atoms. The summed E-state index contributed by atoms with van der Waals surface area (Å²) in [6.07, 6.45) is 2.81. The molecule has 37 heavy (non-hydrogen) atoms. The number of H-pyrrole nitrogens is 1. The van der Waals surface area contributed by atoms with E-state index in [1.54, 1.807) is 19.2 Å². The minimum absolute atomic E-state index is 0.0867. The van der Waals surface area contributed by atoms with E-state index in [0.29, 0.717) is 37.4 Å². The number of methoxy groups -OCH3 is 1. The van der Waals surface area contributed by atoms with Crippen LogP contribution in [0.5, 0.6) is 5.75 Å². The molecule has 1 saturated heterocycles. The summed E-state index contributed by atoms with van der Waals surface area (Å²) in [5, 5.41) is 13.5. The zero-order valence-corrected chi connectivity index (χ0v) is 21.1. The second kappa shape index (κ2) is 11.2. The zero-order valence-electron chi connectivity index (χ0n) is 21.1. The van der Waals surface area contributed by atoms with Crippen molar-refractivity contribution in [2.75, 3.05) is 13.7 Å². The first-order valence-electron chi connectivity index (χ1n) is 12.6. The molecule has 2 aromatic heterocycles. The topological polar surface area (TPSA) is 98.2 Å². The Morgan fingerprint density at radius 1 is 1.22 bits per heavy atom. The molecule has 194 valence electrons. The van der Waals surface area contributed by atoms with Crippen LogP contribution in [0.15, 0.2) is 53.3 Å². The molecule has 2 atom stereocenters. The largest absolute Gasteiger partial charge is 0.497 e. The molecule has 0 unspecified atom stereocenters. The molecule has 1 aliphatic heterocycles. The van der Waals surface area contributed by atoms with Crippen LogP contribution in [0.2, 0.25) is 0 Å². The molecule has 1 fully saturated rings. The van der Waals surface area contributed by atoms with E-state index < -0.39 is 0 Å². The highest BCUT2D eigenvalue weighted by Gasteiger charge is 2.28. The third kappa shape index (κ3) is 5.70. The monoisotopic (exact) mass is 506 g/mol. The number of aromatic amines is 1. The Morgan fingerprint density at radius 3 is 2.78 bits per heavy atom. The van der Waals surface area contributed by atoms with E-state index >= 15 is 0 Å². The van der Waals surface area contributed by atoms with Crippen molar-refractivity contribution in [2.24, 2.45) is 0 Å². The molecule has 1 N–H and O–H groups in total. The van der Waals surface area contributed by atoms with Crippen molar-refractivity contribution in [3.63, 3.8) is 0 Å². The minimum Gasteiger partial charge on any atom is -0.497 e. The molecule has 5 rings (SSSR count). The van der Waals surface area contributed by atoms with Gasteiger partial charge in [-0.25, -0.2) is 9.07 Å². The van der Waals surface area contributed by atoms with Crippen LogP contribution in [-0.2, 0) is 24.4 Å². The van der Waals surface area contributed by atoms with Gasteiger partial charge >= 0.3 is 0 Å². The number of nitrogens with one attached hydrogen (secondary N) is 1. The lowest BCUT2D eigenvalue weighted by molar-refractivity contribution is 0.0888. The van der Waals surface area contributed by atoms with E-state index in [1.165, 1.54) is 12.1 Å². The average Bonchev–Trinajstić information content (AvgIpc) is 3.59. The lowest BCUT2D eigenvalue weighted by Gasteiger charge is -2.30. The van der Waals surface area contributed by atoms with Crippen molar-refractivity contribution in [2.45, 2.75) is 58.0 Å². The number of hydrogen-bond acceptors (Lipinski definition) is 7. The van der Waals surface area contributed by atoms with Gasteiger partial charge in [0.2, 0.25) is 0 Å². The first-order chi connectivity index (χ1) is 18.0. The van der Waals surface area contributed by atoms with Crippen molar-refractivity contribution in [1.29, 1.82) is 0 Å². The highest BCUT2D eigenvalue weighted by atomic mass is 19.1. The molecule has 0 aliphatic carbocycles. The Bertz CT molecular complexity index is 1400. The second-order valence-corrected chi connectivity index (χ2v) is 9.39. The third-order valence-electron chi connectivity index (χ3n) is 6.89. The molecule has 9 nitrogen and oxygen atoms in total. The molecule has 3 heterocycles. The molecule has 0 amide bonds. The molecule has 0 saturated carbocycles. The summed E-state index contributed by atoms with van der Waals surface area (Å²) in [6, 6.07) is 13.7. The van der Waals surface area contributed by atoms with Gasteiger partial charge in [0.05, 0.1) is 25.8 Å². The number of ether oxygens (including phenoxy) is 2. The lowest BCUT2D eigenvalue weighted by Crippen LogP contribution is -2.33. The Labute approximate surface area is 214 Å². The fourth-order valence-electron chi connectivity index (χ4n) is 4.96. The number of tetrazole rings is 1.